The van der Waals surface area contributed by atoms with Gasteiger partial charge in [0.1, 0.15) is 17.3 Å². The Bertz CT molecular complexity index is 1150. The molecule has 0 amide bonds. The lowest BCUT2D eigenvalue weighted by molar-refractivity contribution is -0.141. The zero-order valence-electron chi connectivity index (χ0n) is 15.2. The Labute approximate surface area is 161 Å². The zero-order chi connectivity index (χ0) is 19.7. The van der Waals surface area contributed by atoms with Crippen LogP contribution < -0.4 is 5.73 Å². The molecule has 0 aliphatic rings. The lowest BCUT2D eigenvalue weighted by Gasteiger charge is -2.16. The molecule has 4 N–H and O–H groups in total. The highest BCUT2D eigenvalue weighted by atomic mass is 16.5. The lowest BCUT2D eigenvalue weighted by atomic mass is 9.89. The summed E-state index contributed by atoms with van der Waals surface area (Å²) in [6.07, 6.45) is 3.48. The number of pyridine rings is 1. The summed E-state index contributed by atoms with van der Waals surface area (Å²) in [4.78, 5) is 20.3. The third-order valence-corrected chi connectivity index (χ3v) is 4.83. The van der Waals surface area contributed by atoms with E-state index in [9.17, 15) is 9.90 Å². The van der Waals surface area contributed by atoms with Crippen molar-refractivity contribution in [2.24, 2.45) is 0 Å². The van der Waals surface area contributed by atoms with Gasteiger partial charge in [0.15, 0.2) is 0 Å². The SMILES string of the molecule is COC(=O)C(c1ccc(O)cc1)c1c[nH]c2nccc(-c3ccccc3N)c12. The summed E-state index contributed by atoms with van der Waals surface area (Å²) in [7, 11) is 1.36. The van der Waals surface area contributed by atoms with E-state index in [1.165, 1.54) is 7.11 Å². The number of hydrogen-bond acceptors (Lipinski definition) is 5. The van der Waals surface area contributed by atoms with Crippen LogP contribution in [0.5, 0.6) is 5.75 Å². The molecular weight excluding hydrogens is 354 g/mol. The molecule has 0 aliphatic carbocycles. The van der Waals surface area contributed by atoms with E-state index in [2.05, 4.69) is 9.97 Å². The average Bonchev–Trinajstić information content (AvgIpc) is 3.14. The first-order valence-electron chi connectivity index (χ1n) is 8.77. The van der Waals surface area contributed by atoms with Gasteiger partial charge in [-0.3, -0.25) is 4.79 Å². The largest absolute Gasteiger partial charge is 0.508 e. The van der Waals surface area contributed by atoms with Crippen LogP contribution in [0.3, 0.4) is 0 Å². The van der Waals surface area contributed by atoms with E-state index in [1.807, 2.05) is 30.3 Å². The number of nitrogens with two attached hydrogens (primary N) is 1. The molecule has 2 aromatic carbocycles. The van der Waals surface area contributed by atoms with E-state index in [0.29, 0.717) is 16.9 Å². The minimum absolute atomic E-state index is 0.130. The molecule has 1 unspecified atom stereocenters. The Kier molecular flexibility index (Phi) is 4.45. The Morgan fingerprint density at radius 3 is 2.57 bits per heavy atom. The number of H-pyrrole nitrogens is 1. The normalized spacial score (nSPS) is 12.0. The first-order chi connectivity index (χ1) is 13.6. The number of phenols is 1. The monoisotopic (exact) mass is 373 g/mol. The first kappa shape index (κ1) is 17.6. The second kappa shape index (κ2) is 7.08. The van der Waals surface area contributed by atoms with Crippen LogP contribution in [0.25, 0.3) is 22.2 Å². The van der Waals surface area contributed by atoms with Crippen LogP contribution in [-0.2, 0) is 9.53 Å². The van der Waals surface area contributed by atoms with Crippen molar-refractivity contribution in [3.63, 3.8) is 0 Å². The van der Waals surface area contributed by atoms with Crippen molar-refractivity contribution >= 4 is 22.7 Å². The number of carbonyl (C=O) groups excluding carboxylic acids is 1. The fraction of sp³-hybridized carbons (Fsp3) is 0.0909. The number of benzene rings is 2. The molecule has 0 saturated carbocycles. The molecule has 0 fully saturated rings. The second-order valence-corrected chi connectivity index (χ2v) is 6.46. The minimum atomic E-state index is -0.674. The number of aromatic nitrogens is 2. The highest BCUT2D eigenvalue weighted by Gasteiger charge is 2.28. The fourth-order valence-electron chi connectivity index (χ4n) is 3.50. The lowest BCUT2D eigenvalue weighted by Crippen LogP contribution is -2.15. The van der Waals surface area contributed by atoms with Gasteiger partial charge in [0, 0.05) is 29.0 Å². The molecule has 140 valence electrons. The van der Waals surface area contributed by atoms with Gasteiger partial charge >= 0.3 is 5.97 Å². The van der Waals surface area contributed by atoms with E-state index in [1.54, 1.807) is 36.7 Å². The number of anilines is 1. The first-order valence-corrected chi connectivity index (χ1v) is 8.77. The van der Waals surface area contributed by atoms with Gasteiger partial charge in [0.25, 0.3) is 0 Å². The molecule has 2 aromatic heterocycles. The van der Waals surface area contributed by atoms with Crippen molar-refractivity contribution in [3.8, 4) is 16.9 Å². The molecule has 4 rings (SSSR count). The molecule has 6 nitrogen and oxygen atoms in total. The summed E-state index contributed by atoms with van der Waals surface area (Å²) in [6, 6.07) is 16.0. The van der Waals surface area contributed by atoms with Gasteiger partial charge in [-0.1, -0.05) is 30.3 Å². The number of rotatable bonds is 4. The number of nitrogens with zero attached hydrogens (tertiary/aromatic N) is 1. The number of fused-ring (bicyclic) bond motifs is 1. The van der Waals surface area contributed by atoms with Gasteiger partial charge < -0.3 is 20.6 Å². The Hall–Kier alpha value is -3.80. The van der Waals surface area contributed by atoms with E-state index < -0.39 is 11.9 Å². The molecule has 0 radical (unpaired) electrons. The number of hydrogen-bond donors (Lipinski definition) is 3. The summed E-state index contributed by atoms with van der Waals surface area (Å²) < 4.78 is 5.08. The standard InChI is InChI=1S/C22H19N3O3/c1-28-22(27)19(13-6-8-14(26)9-7-13)17-12-25-21-20(17)16(10-11-24-21)15-4-2-3-5-18(15)23/h2-12,19,26H,23H2,1H3,(H,24,25). The van der Waals surface area contributed by atoms with Crippen LogP contribution in [-0.4, -0.2) is 28.2 Å². The van der Waals surface area contributed by atoms with Crippen molar-refractivity contribution in [2.45, 2.75) is 5.92 Å². The van der Waals surface area contributed by atoms with E-state index in [-0.39, 0.29) is 5.75 Å². The average molecular weight is 373 g/mol. The highest BCUT2D eigenvalue weighted by Crippen LogP contribution is 2.38. The van der Waals surface area contributed by atoms with Crippen molar-refractivity contribution in [3.05, 3.63) is 78.1 Å². The number of nitrogens with one attached hydrogen (secondary N) is 1. The molecule has 0 spiro atoms. The maximum absolute atomic E-state index is 12.7. The summed E-state index contributed by atoms with van der Waals surface area (Å²) in [6.45, 7) is 0. The fourth-order valence-corrected chi connectivity index (χ4v) is 3.50. The smallest absolute Gasteiger partial charge is 0.317 e. The van der Waals surface area contributed by atoms with Crippen molar-refractivity contribution in [2.75, 3.05) is 12.8 Å². The van der Waals surface area contributed by atoms with Gasteiger partial charge in [-0.15, -0.1) is 0 Å². The second-order valence-electron chi connectivity index (χ2n) is 6.46. The van der Waals surface area contributed by atoms with Crippen molar-refractivity contribution in [1.29, 1.82) is 0 Å². The molecule has 4 aromatic rings. The minimum Gasteiger partial charge on any atom is -0.508 e. The quantitative estimate of drug-likeness (QED) is 0.373. The Morgan fingerprint density at radius 2 is 1.86 bits per heavy atom. The highest BCUT2D eigenvalue weighted by molar-refractivity contribution is 6.01. The molecule has 0 bridgehead atoms. The predicted molar refractivity (Wildman–Crippen MR) is 108 cm³/mol. The van der Waals surface area contributed by atoms with Crippen LogP contribution in [0, 0.1) is 0 Å². The molecule has 0 aliphatic heterocycles. The topological polar surface area (TPSA) is 101 Å². The van der Waals surface area contributed by atoms with Crippen LogP contribution in [0.2, 0.25) is 0 Å². The number of methoxy groups -OCH3 is 1. The number of phenolic OH excluding ortho intramolecular Hbond substituents is 1. The Morgan fingerprint density at radius 1 is 1.11 bits per heavy atom. The number of aromatic amines is 1. The predicted octanol–water partition coefficient (Wildman–Crippen LogP) is 3.82. The number of nitrogen functional groups attached to an aromatic ring is 1. The zero-order valence-corrected chi connectivity index (χ0v) is 15.2. The van der Waals surface area contributed by atoms with Crippen molar-refractivity contribution < 1.29 is 14.6 Å². The van der Waals surface area contributed by atoms with Gasteiger partial charge in [-0.2, -0.15) is 0 Å². The van der Waals surface area contributed by atoms with Gasteiger partial charge in [0.05, 0.1) is 7.11 Å². The third kappa shape index (κ3) is 2.95. The number of esters is 1. The van der Waals surface area contributed by atoms with Crippen LogP contribution >= 0.6 is 0 Å². The molecular formula is C22H19N3O3. The summed E-state index contributed by atoms with van der Waals surface area (Å²) in [5.74, 6) is -0.944. The van der Waals surface area contributed by atoms with Gasteiger partial charge in [-0.25, -0.2) is 4.98 Å². The number of ether oxygens (including phenoxy) is 1. The molecule has 2 heterocycles. The van der Waals surface area contributed by atoms with E-state index in [0.717, 1.165) is 22.1 Å². The molecule has 6 heteroatoms. The van der Waals surface area contributed by atoms with E-state index in [4.69, 9.17) is 10.5 Å². The van der Waals surface area contributed by atoms with E-state index >= 15 is 0 Å². The van der Waals surface area contributed by atoms with Gasteiger partial charge in [0.2, 0.25) is 0 Å². The molecule has 0 saturated heterocycles. The van der Waals surface area contributed by atoms with Crippen LogP contribution in [0.4, 0.5) is 5.69 Å². The molecule has 28 heavy (non-hydrogen) atoms. The maximum atomic E-state index is 12.7. The summed E-state index contributed by atoms with van der Waals surface area (Å²) >= 11 is 0. The third-order valence-electron chi connectivity index (χ3n) is 4.83. The van der Waals surface area contributed by atoms with Gasteiger partial charge in [-0.05, 0) is 41.0 Å². The molecule has 1 atom stereocenters. The number of aromatic hydroxyl groups is 1. The van der Waals surface area contributed by atoms with Crippen molar-refractivity contribution in [1.82, 2.24) is 9.97 Å². The number of carbonyl (C=O) groups is 1. The van der Waals surface area contributed by atoms with Crippen LogP contribution in [0.15, 0.2) is 67.0 Å². The summed E-state index contributed by atoms with van der Waals surface area (Å²) in [5.41, 5.74) is 10.7. The summed E-state index contributed by atoms with van der Waals surface area (Å²) in [5, 5.41) is 10.4. The Balaban J connectivity index is 1.98. The number of para-hydroxylation sites is 1. The van der Waals surface area contributed by atoms with Crippen LogP contribution in [0.1, 0.15) is 17.0 Å². The maximum Gasteiger partial charge on any atom is 0.317 e.